The fourth-order valence-corrected chi connectivity index (χ4v) is 8.59. The molecular weight excluding hydrogens is 315 g/mol. The summed E-state index contributed by atoms with van der Waals surface area (Å²) in [5.74, 6) is 0. The average Bonchev–Trinajstić information content (AvgIpc) is 2.61. The van der Waals surface area contributed by atoms with Crippen molar-refractivity contribution in [1.82, 2.24) is 0 Å². The van der Waals surface area contributed by atoms with Crippen LogP contribution in [0.15, 0.2) is 66.7 Å². The predicted octanol–water partition coefficient (Wildman–Crippen LogP) is 1.98. The Morgan fingerprint density at radius 3 is 2.08 bits per heavy atom. The summed E-state index contributed by atoms with van der Waals surface area (Å²) in [6.07, 6.45) is 0. The summed E-state index contributed by atoms with van der Waals surface area (Å²) in [6, 6.07) is 25.4. The Hall–Kier alpha value is -2.06. The zero-order valence-corrected chi connectivity index (χ0v) is 16.4. The third-order valence-corrected chi connectivity index (χ3v) is 10.2. The van der Waals surface area contributed by atoms with Crippen LogP contribution in [0.25, 0.3) is 0 Å². The number of hydrogen-bond acceptors (Lipinski definition) is 0. The smallest absolute Gasteiger partial charge is 0.0689 e. The van der Waals surface area contributed by atoms with Gasteiger partial charge in [-0.25, -0.2) is 0 Å². The SMILES string of the molecule is CC1(C)c2ccccc2B2c3ccccc3[Si](C)(C)c3cccc1c32. The first-order valence-corrected chi connectivity index (χ1v) is 12.3. The van der Waals surface area contributed by atoms with E-state index >= 15 is 0 Å². The van der Waals surface area contributed by atoms with Gasteiger partial charge in [0.1, 0.15) is 8.07 Å². The van der Waals surface area contributed by atoms with Crippen molar-refractivity contribution in [2.75, 3.05) is 0 Å². The molecule has 0 saturated carbocycles. The quantitative estimate of drug-likeness (QED) is 0.550. The third-order valence-electron chi connectivity index (χ3n) is 6.63. The molecule has 0 aliphatic carbocycles. The van der Waals surface area contributed by atoms with E-state index < -0.39 is 8.07 Å². The molecule has 0 atom stereocenters. The lowest BCUT2D eigenvalue weighted by atomic mass is 9.31. The summed E-state index contributed by atoms with van der Waals surface area (Å²) in [5.41, 5.74) is 7.74. The number of fused-ring (bicyclic) bond motifs is 4. The zero-order valence-electron chi connectivity index (χ0n) is 15.4. The van der Waals surface area contributed by atoms with Crippen LogP contribution in [0.1, 0.15) is 25.0 Å². The van der Waals surface area contributed by atoms with E-state index in [2.05, 4.69) is 93.7 Å². The van der Waals surface area contributed by atoms with Gasteiger partial charge in [-0.05, 0) is 11.1 Å². The van der Waals surface area contributed by atoms with Gasteiger partial charge in [0.05, 0.1) is 0 Å². The van der Waals surface area contributed by atoms with Gasteiger partial charge in [0.2, 0.25) is 6.71 Å². The molecule has 25 heavy (non-hydrogen) atoms. The summed E-state index contributed by atoms with van der Waals surface area (Å²) in [7, 11) is -1.67. The Morgan fingerprint density at radius 2 is 1.28 bits per heavy atom. The van der Waals surface area contributed by atoms with Crippen LogP contribution in [0.4, 0.5) is 0 Å². The minimum Gasteiger partial charge on any atom is -0.0689 e. The normalized spacial score (nSPS) is 18.2. The molecule has 0 amide bonds. The van der Waals surface area contributed by atoms with E-state index in [1.165, 1.54) is 16.6 Å². The molecule has 0 bridgehead atoms. The molecule has 0 spiro atoms. The molecule has 122 valence electrons. The molecule has 2 heterocycles. The van der Waals surface area contributed by atoms with E-state index in [0.717, 1.165) is 0 Å². The lowest BCUT2D eigenvalue weighted by Gasteiger charge is -2.45. The summed E-state index contributed by atoms with van der Waals surface area (Å²) in [4.78, 5) is 0. The minimum absolute atomic E-state index is 0.0647. The molecule has 5 rings (SSSR count). The van der Waals surface area contributed by atoms with Crippen molar-refractivity contribution in [2.45, 2.75) is 32.4 Å². The number of rotatable bonds is 0. The Morgan fingerprint density at radius 1 is 0.680 bits per heavy atom. The largest absolute Gasteiger partial charge is 0.241 e. The third kappa shape index (κ3) is 1.78. The first-order valence-electron chi connectivity index (χ1n) is 9.26. The van der Waals surface area contributed by atoms with Crippen LogP contribution < -0.4 is 26.8 Å². The molecule has 2 heteroatoms. The van der Waals surface area contributed by atoms with E-state index in [9.17, 15) is 0 Å². The van der Waals surface area contributed by atoms with Crippen LogP contribution in [-0.4, -0.2) is 14.8 Å². The molecule has 3 aromatic rings. The number of hydrogen-bond donors (Lipinski definition) is 0. The fourth-order valence-electron chi connectivity index (χ4n) is 5.37. The second kappa shape index (κ2) is 4.76. The first-order chi connectivity index (χ1) is 11.9. The summed E-state index contributed by atoms with van der Waals surface area (Å²) < 4.78 is 0. The van der Waals surface area contributed by atoms with Crippen LogP contribution in [0.3, 0.4) is 0 Å². The van der Waals surface area contributed by atoms with Crippen LogP contribution in [-0.2, 0) is 5.41 Å². The fraction of sp³-hybridized carbons (Fsp3) is 0.217. The van der Waals surface area contributed by atoms with Gasteiger partial charge in [0.25, 0.3) is 0 Å². The second-order valence-electron chi connectivity index (χ2n) is 8.62. The van der Waals surface area contributed by atoms with Crippen molar-refractivity contribution in [1.29, 1.82) is 0 Å². The first kappa shape index (κ1) is 15.2. The van der Waals surface area contributed by atoms with Gasteiger partial charge >= 0.3 is 0 Å². The Balaban J connectivity index is 1.97. The molecule has 3 aromatic carbocycles. The van der Waals surface area contributed by atoms with E-state index in [1.54, 1.807) is 21.3 Å². The van der Waals surface area contributed by atoms with Crippen molar-refractivity contribution in [3.63, 3.8) is 0 Å². The van der Waals surface area contributed by atoms with Gasteiger partial charge in [-0.2, -0.15) is 0 Å². The summed E-state index contributed by atoms with van der Waals surface area (Å²) in [5, 5.41) is 3.25. The predicted molar refractivity (Wildman–Crippen MR) is 113 cm³/mol. The molecule has 2 aliphatic rings. The molecule has 2 aliphatic heterocycles. The summed E-state index contributed by atoms with van der Waals surface area (Å²) in [6.45, 7) is 10.2. The molecule has 0 nitrogen and oxygen atoms in total. The Labute approximate surface area is 152 Å². The minimum atomic E-state index is -1.67. The average molecular weight is 338 g/mol. The lowest BCUT2D eigenvalue weighted by Crippen LogP contribution is -2.79. The maximum atomic E-state index is 2.52. The van der Waals surface area contributed by atoms with E-state index in [4.69, 9.17) is 0 Å². The molecule has 0 radical (unpaired) electrons. The van der Waals surface area contributed by atoms with Crippen LogP contribution in [0.2, 0.25) is 13.1 Å². The van der Waals surface area contributed by atoms with Crippen molar-refractivity contribution in [3.05, 3.63) is 77.9 Å². The zero-order chi connectivity index (χ0) is 17.4. The Kier molecular flexibility index (Phi) is 2.90. The van der Waals surface area contributed by atoms with Gasteiger partial charge in [0, 0.05) is 5.41 Å². The van der Waals surface area contributed by atoms with E-state index in [0.29, 0.717) is 6.71 Å². The highest BCUT2D eigenvalue weighted by Gasteiger charge is 2.48. The summed E-state index contributed by atoms with van der Waals surface area (Å²) >= 11 is 0. The lowest BCUT2D eigenvalue weighted by molar-refractivity contribution is 0.646. The molecule has 0 saturated heterocycles. The van der Waals surface area contributed by atoms with Gasteiger partial charge in [-0.1, -0.05) is 120 Å². The topological polar surface area (TPSA) is 0 Å². The van der Waals surface area contributed by atoms with Crippen LogP contribution in [0, 0.1) is 0 Å². The van der Waals surface area contributed by atoms with Crippen molar-refractivity contribution < 1.29 is 0 Å². The van der Waals surface area contributed by atoms with Gasteiger partial charge in [0.15, 0.2) is 0 Å². The molecule has 0 unspecified atom stereocenters. The second-order valence-corrected chi connectivity index (χ2v) is 13.0. The van der Waals surface area contributed by atoms with E-state index in [-0.39, 0.29) is 5.41 Å². The molecular formula is C23H23BSi. The maximum Gasteiger partial charge on any atom is 0.241 e. The maximum absolute atomic E-state index is 2.52. The standard InChI is InChI=1S/C23H23BSi/c1-23(2)16-10-5-6-12-18(16)24-19-13-7-8-14-20(19)25(3,4)21-15-9-11-17(23)22(21)24/h5-15H,1-4H3. The number of benzene rings is 3. The highest BCUT2D eigenvalue weighted by molar-refractivity contribution is 7.14. The van der Waals surface area contributed by atoms with Crippen molar-refractivity contribution in [3.8, 4) is 0 Å². The van der Waals surface area contributed by atoms with Gasteiger partial charge < -0.3 is 0 Å². The highest BCUT2D eigenvalue weighted by Crippen LogP contribution is 2.33. The van der Waals surface area contributed by atoms with Gasteiger partial charge in [-0.15, -0.1) is 0 Å². The molecule has 0 aromatic heterocycles. The van der Waals surface area contributed by atoms with E-state index in [1.807, 2.05) is 0 Å². The van der Waals surface area contributed by atoms with Crippen molar-refractivity contribution in [2.24, 2.45) is 0 Å². The molecule has 0 N–H and O–H groups in total. The Bertz CT molecular complexity index is 938. The highest BCUT2D eigenvalue weighted by atomic mass is 28.3. The van der Waals surface area contributed by atoms with Crippen LogP contribution >= 0.6 is 0 Å². The monoisotopic (exact) mass is 338 g/mol. The van der Waals surface area contributed by atoms with Crippen LogP contribution in [0.5, 0.6) is 0 Å². The van der Waals surface area contributed by atoms with Crippen molar-refractivity contribution >= 4 is 41.5 Å². The molecule has 0 fully saturated rings. The van der Waals surface area contributed by atoms with Gasteiger partial charge in [-0.3, -0.25) is 0 Å².